The summed E-state index contributed by atoms with van der Waals surface area (Å²) in [7, 11) is 3.69. The van der Waals surface area contributed by atoms with Gasteiger partial charge in [-0.25, -0.2) is 0 Å². The average Bonchev–Trinajstić information content (AvgIpc) is 2.97. The van der Waals surface area contributed by atoms with Crippen LogP contribution < -0.4 is 10.1 Å². The van der Waals surface area contributed by atoms with E-state index in [0.29, 0.717) is 6.04 Å². The van der Waals surface area contributed by atoms with Gasteiger partial charge >= 0.3 is 0 Å². The van der Waals surface area contributed by atoms with Crippen LogP contribution in [0.3, 0.4) is 0 Å². The molecule has 0 saturated heterocycles. The highest BCUT2D eigenvalue weighted by molar-refractivity contribution is 7.05. The SMILES string of the molecule is CCc1nnsc1C(CCc1ccc(OC)cc1)NC. The van der Waals surface area contributed by atoms with Crippen LogP contribution in [-0.4, -0.2) is 23.7 Å². The Kier molecular flexibility index (Phi) is 5.49. The number of nitrogens with one attached hydrogen (secondary N) is 1. The Morgan fingerprint density at radius 2 is 2.05 bits per heavy atom. The minimum absolute atomic E-state index is 0.326. The number of nitrogens with zero attached hydrogens (tertiary/aromatic N) is 2. The van der Waals surface area contributed by atoms with E-state index in [9.17, 15) is 0 Å². The Balaban J connectivity index is 2.00. The fourth-order valence-electron chi connectivity index (χ4n) is 2.24. The molecule has 2 aromatic rings. The van der Waals surface area contributed by atoms with E-state index in [1.807, 2.05) is 19.2 Å². The van der Waals surface area contributed by atoms with Crippen molar-refractivity contribution in [1.29, 1.82) is 0 Å². The lowest BCUT2D eigenvalue weighted by molar-refractivity contribution is 0.414. The summed E-state index contributed by atoms with van der Waals surface area (Å²) in [5.74, 6) is 0.902. The Morgan fingerprint density at radius 1 is 1.30 bits per heavy atom. The lowest BCUT2D eigenvalue weighted by Gasteiger charge is -2.15. The summed E-state index contributed by atoms with van der Waals surface area (Å²) in [6.45, 7) is 2.12. The van der Waals surface area contributed by atoms with E-state index < -0.39 is 0 Å². The molecule has 1 N–H and O–H groups in total. The van der Waals surface area contributed by atoms with Crippen molar-refractivity contribution in [2.75, 3.05) is 14.2 Å². The van der Waals surface area contributed by atoms with Gasteiger partial charge in [-0.2, -0.15) is 0 Å². The van der Waals surface area contributed by atoms with E-state index in [4.69, 9.17) is 4.74 Å². The van der Waals surface area contributed by atoms with Crippen LogP contribution in [0.5, 0.6) is 5.75 Å². The van der Waals surface area contributed by atoms with Crippen molar-refractivity contribution < 1.29 is 4.74 Å². The fourth-order valence-corrected chi connectivity index (χ4v) is 3.12. The van der Waals surface area contributed by atoms with E-state index >= 15 is 0 Å². The summed E-state index contributed by atoms with van der Waals surface area (Å²) in [6, 6.07) is 8.59. The predicted molar refractivity (Wildman–Crippen MR) is 82.4 cm³/mol. The largest absolute Gasteiger partial charge is 0.497 e. The van der Waals surface area contributed by atoms with Gasteiger partial charge in [-0.15, -0.1) is 5.10 Å². The maximum atomic E-state index is 5.18. The molecule has 0 aliphatic rings. The van der Waals surface area contributed by atoms with Gasteiger partial charge in [0.15, 0.2) is 0 Å². The average molecular weight is 291 g/mol. The van der Waals surface area contributed by atoms with E-state index in [1.54, 1.807) is 7.11 Å². The Labute approximate surface area is 124 Å². The van der Waals surface area contributed by atoms with Gasteiger partial charge in [0.1, 0.15) is 5.75 Å². The summed E-state index contributed by atoms with van der Waals surface area (Å²) < 4.78 is 9.25. The summed E-state index contributed by atoms with van der Waals surface area (Å²) >= 11 is 1.50. The van der Waals surface area contributed by atoms with Crippen molar-refractivity contribution >= 4 is 11.5 Å². The van der Waals surface area contributed by atoms with Gasteiger partial charge in [0.05, 0.1) is 17.7 Å². The highest BCUT2D eigenvalue weighted by atomic mass is 32.1. The second kappa shape index (κ2) is 7.36. The minimum atomic E-state index is 0.326. The highest BCUT2D eigenvalue weighted by Crippen LogP contribution is 2.25. The predicted octanol–water partition coefficient (Wildman–Crippen LogP) is 3.00. The van der Waals surface area contributed by atoms with Gasteiger partial charge in [0.2, 0.25) is 0 Å². The van der Waals surface area contributed by atoms with Gasteiger partial charge < -0.3 is 10.1 Å². The van der Waals surface area contributed by atoms with Gasteiger partial charge in [-0.1, -0.05) is 23.5 Å². The molecule has 1 aromatic carbocycles. The monoisotopic (exact) mass is 291 g/mol. The molecule has 1 unspecified atom stereocenters. The standard InChI is InChI=1S/C15H21N3OS/c1-4-13-15(20-18-17-13)14(16-2)10-7-11-5-8-12(19-3)9-6-11/h5-6,8-9,14,16H,4,7,10H2,1-3H3. The molecule has 0 bridgehead atoms. The molecule has 20 heavy (non-hydrogen) atoms. The van der Waals surface area contributed by atoms with E-state index in [0.717, 1.165) is 30.7 Å². The first kappa shape index (κ1) is 14.9. The molecule has 0 fully saturated rings. The first-order chi connectivity index (χ1) is 9.78. The molecule has 0 radical (unpaired) electrons. The second-order valence-electron chi connectivity index (χ2n) is 4.67. The van der Waals surface area contributed by atoms with Gasteiger partial charge in [0.25, 0.3) is 0 Å². The Hall–Kier alpha value is -1.46. The van der Waals surface area contributed by atoms with E-state index in [2.05, 4.69) is 34.0 Å². The first-order valence-electron chi connectivity index (χ1n) is 6.89. The number of methoxy groups -OCH3 is 1. The maximum Gasteiger partial charge on any atom is 0.118 e. The third-order valence-electron chi connectivity index (χ3n) is 3.47. The molecule has 1 aromatic heterocycles. The summed E-state index contributed by atoms with van der Waals surface area (Å²) in [6.07, 6.45) is 3.00. The Morgan fingerprint density at radius 3 is 2.65 bits per heavy atom. The number of benzene rings is 1. The normalized spacial score (nSPS) is 12.3. The zero-order valence-electron chi connectivity index (χ0n) is 12.2. The third kappa shape index (κ3) is 3.55. The van der Waals surface area contributed by atoms with Crippen LogP contribution in [0.15, 0.2) is 24.3 Å². The lowest BCUT2D eigenvalue weighted by Crippen LogP contribution is -2.17. The molecule has 0 amide bonds. The van der Waals surface area contributed by atoms with Gasteiger partial charge in [0, 0.05) is 6.04 Å². The van der Waals surface area contributed by atoms with E-state index in [1.165, 1.54) is 22.0 Å². The third-order valence-corrected chi connectivity index (χ3v) is 4.35. The van der Waals surface area contributed by atoms with Crippen molar-refractivity contribution in [1.82, 2.24) is 14.9 Å². The summed E-state index contributed by atoms with van der Waals surface area (Å²) in [4.78, 5) is 1.27. The van der Waals surface area contributed by atoms with Crippen molar-refractivity contribution in [2.45, 2.75) is 32.2 Å². The molecule has 1 atom stereocenters. The van der Waals surface area contributed by atoms with Crippen molar-refractivity contribution in [3.63, 3.8) is 0 Å². The number of ether oxygens (including phenoxy) is 1. The topological polar surface area (TPSA) is 47.0 Å². The first-order valence-corrected chi connectivity index (χ1v) is 7.67. The highest BCUT2D eigenvalue weighted by Gasteiger charge is 2.16. The zero-order valence-corrected chi connectivity index (χ0v) is 13.0. The number of rotatable bonds is 7. The van der Waals surface area contributed by atoms with Crippen LogP contribution in [0.4, 0.5) is 0 Å². The molecule has 1 heterocycles. The molecular weight excluding hydrogens is 270 g/mol. The molecule has 0 aliphatic heterocycles. The number of aryl methyl sites for hydroxylation is 2. The number of hydrogen-bond donors (Lipinski definition) is 1. The van der Waals surface area contributed by atoms with Gasteiger partial charge in [-0.3, -0.25) is 0 Å². The quantitative estimate of drug-likeness (QED) is 0.852. The van der Waals surface area contributed by atoms with Crippen LogP contribution in [-0.2, 0) is 12.8 Å². The molecule has 0 saturated carbocycles. The van der Waals surface area contributed by atoms with Crippen LogP contribution in [0.2, 0.25) is 0 Å². The van der Waals surface area contributed by atoms with Crippen LogP contribution in [0.25, 0.3) is 0 Å². The maximum absolute atomic E-state index is 5.18. The fraction of sp³-hybridized carbons (Fsp3) is 0.467. The van der Waals surface area contributed by atoms with Crippen molar-refractivity contribution in [3.8, 4) is 5.75 Å². The second-order valence-corrected chi connectivity index (χ2v) is 5.45. The van der Waals surface area contributed by atoms with Crippen LogP contribution in [0.1, 0.15) is 35.5 Å². The summed E-state index contributed by atoms with van der Waals surface area (Å²) in [5.41, 5.74) is 2.44. The molecule has 4 nitrogen and oxygen atoms in total. The number of aromatic nitrogens is 2. The molecule has 2 rings (SSSR count). The lowest BCUT2D eigenvalue weighted by atomic mass is 10.0. The molecule has 5 heteroatoms. The summed E-state index contributed by atoms with van der Waals surface area (Å²) in [5, 5.41) is 7.57. The minimum Gasteiger partial charge on any atom is -0.497 e. The van der Waals surface area contributed by atoms with Crippen LogP contribution >= 0.6 is 11.5 Å². The van der Waals surface area contributed by atoms with Crippen molar-refractivity contribution in [3.05, 3.63) is 40.4 Å². The molecule has 0 spiro atoms. The molecule has 108 valence electrons. The smallest absolute Gasteiger partial charge is 0.118 e. The van der Waals surface area contributed by atoms with Crippen molar-refractivity contribution in [2.24, 2.45) is 0 Å². The van der Waals surface area contributed by atoms with E-state index in [-0.39, 0.29) is 0 Å². The zero-order chi connectivity index (χ0) is 14.4. The van der Waals surface area contributed by atoms with Crippen LogP contribution in [0, 0.1) is 0 Å². The Bertz CT molecular complexity index is 524. The van der Waals surface area contributed by atoms with Gasteiger partial charge in [-0.05, 0) is 55.5 Å². The molecule has 0 aliphatic carbocycles. The number of hydrogen-bond acceptors (Lipinski definition) is 5. The molecular formula is C15H21N3OS.